The van der Waals surface area contributed by atoms with Crippen molar-refractivity contribution in [3.05, 3.63) is 11.2 Å². The van der Waals surface area contributed by atoms with E-state index >= 15 is 0 Å². The summed E-state index contributed by atoms with van der Waals surface area (Å²) in [7, 11) is -3.41. The fourth-order valence-corrected chi connectivity index (χ4v) is 5.45. The quantitative estimate of drug-likeness (QED) is 0.672. The van der Waals surface area contributed by atoms with Crippen LogP contribution in [0.25, 0.3) is 0 Å². The third-order valence-electron chi connectivity index (χ3n) is 3.10. The summed E-state index contributed by atoms with van der Waals surface area (Å²) in [6.07, 6.45) is 6.77. The number of halogens is 1. The lowest BCUT2D eigenvalue weighted by Gasteiger charge is -2.20. The monoisotopic (exact) mass is 352 g/mol. The molecule has 7 heteroatoms. The zero-order valence-corrected chi connectivity index (χ0v) is 13.4. The lowest BCUT2D eigenvalue weighted by molar-refractivity contribution is 0.522. The molecule has 0 aliphatic heterocycles. The second-order valence-electron chi connectivity index (χ2n) is 4.58. The van der Waals surface area contributed by atoms with Gasteiger partial charge in [-0.2, -0.15) is 0 Å². The van der Waals surface area contributed by atoms with Gasteiger partial charge in [0, 0.05) is 10.9 Å². The number of aryl methyl sites for hydroxylation is 1. The maximum absolute atomic E-state index is 12.2. The van der Waals surface area contributed by atoms with Crippen molar-refractivity contribution in [2.75, 3.05) is 0 Å². The van der Waals surface area contributed by atoms with Crippen molar-refractivity contribution in [2.45, 2.75) is 54.1 Å². The van der Waals surface area contributed by atoms with Gasteiger partial charge in [-0.15, -0.1) is 11.3 Å². The number of nitrogens with zero attached hydrogens (tertiary/aromatic N) is 1. The molecule has 102 valence electrons. The summed E-state index contributed by atoms with van der Waals surface area (Å²) in [6, 6.07) is -0.0140. The van der Waals surface area contributed by atoms with Crippen molar-refractivity contribution < 1.29 is 8.42 Å². The molecule has 4 nitrogen and oxygen atoms in total. The largest absolute Gasteiger partial charge is 0.251 e. The highest BCUT2D eigenvalue weighted by Gasteiger charge is 2.27. The first-order valence-electron chi connectivity index (χ1n) is 6.08. The van der Waals surface area contributed by atoms with Gasteiger partial charge in [-0.25, -0.2) is 18.1 Å². The Bertz CT molecular complexity index is 501. The fourth-order valence-electron chi connectivity index (χ4n) is 2.12. The Morgan fingerprint density at radius 1 is 1.39 bits per heavy atom. The number of thiazole rings is 1. The minimum Gasteiger partial charge on any atom is -0.249 e. The number of aromatic nitrogens is 1. The maximum Gasteiger partial charge on any atom is 0.251 e. The Balaban J connectivity index is 2.11. The number of rotatable bonds is 3. The molecule has 1 heterocycles. The third kappa shape index (κ3) is 3.53. The van der Waals surface area contributed by atoms with Crippen LogP contribution in [-0.4, -0.2) is 24.3 Å². The van der Waals surface area contributed by atoms with Crippen LogP contribution in [0.3, 0.4) is 0 Å². The van der Waals surface area contributed by atoms with Crippen LogP contribution in [0.5, 0.6) is 0 Å². The lowest BCUT2D eigenvalue weighted by atomic mass is 10.1. The molecule has 2 atom stereocenters. The molecule has 0 saturated heterocycles. The van der Waals surface area contributed by atoms with E-state index in [1.54, 1.807) is 0 Å². The highest BCUT2D eigenvalue weighted by molar-refractivity contribution is 9.09. The molecule has 0 spiro atoms. The van der Waals surface area contributed by atoms with Crippen molar-refractivity contribution in [3.63, 3.8) is 0 Å². The van der Waals surface area contributed by atoms with Gasteiger partial charge in [-0.1, -0.05) is 35.2 Å². The van der Waals surface area contributed by atoms with Crippen LogP contribution in [-0.2, 0) is 10.0 Å². The fraction of sp³-hybridized carbons (Fsp3) is 0.727. The molecule has 0 radical (unpaired) electrons. The minimum atomic E-state index is -3.41. The van der Waals surface area contributed by atoms with Crippen molar-refractivity contribution >= 4 is 37.3 Å². The topological polar surface area (TPSA) is 59.1 Å². The van der Waals surface area contributed by atoms with E-state index in [0.29, 0.717) is 4.21 Å². The molecular formula is C11H17BrN2O2S2. The number of alkyl halides is 1. The van der Waals surface area contributed by atoms with E-state index < -0.39 is 10.0 Å². The van der Waals surface area contributed by atoms with Gasteiger partial charge >= 0.3 is 0 Å². The van der Waals surface area contributed by atoms with E-state index in [1.807, 2.05) is 6.92 Å². The molecule has 2 rings (SSSR count). The van der Waals surface area contributed by atoms with Crippen LogP contribution in [0.1, 0.15) is 37.1 Å². The van der Waals surface area contributed by atoms with E-state index in [2.05, 4.69) is 25.6 Å². The molecule has 0 aromatic carbocycles. The molecule has 1 aromatic rings. The number of nitrogens with one attached hydrogen (secondary N) is 1. The SMILES string of the molecule is Cc1ncc(S(=O)(=O)NC2CCCCCC2Br)s1. The van der Waals surface area contributed by atoms with E-state index in [9.17, 15) is 8.42 Å². The zero-order chi connectivity index (χ0) is 13.2. The summed E-state index contributed by atoms with van der Waals surface area (Å²) in [5, 5.41) is 0.770. The summed E-state index contributed by atoms with van der Waals surface area (Å²) < 4.78 is 27.5. The second-order valence-corrected chi connectivity index (χ2v) is 8.93. The molecule has 1 saturated carbocycles. The van der Waals surface area contributed by atoms with Crippen LogP contribution < -0.4 is 4.72 Å². The maximum atomic E-state index is 12.2. The normalized spacial score (nSPS) is 25.9. The summed E-state index contributed by atoms with van der Waals surface area (Å²) >= 11 is 4.81. The molecule has 0 amide bonds. The van der Waals surface area contributed by atoms with Crippen molar-refractivity contribution in [1.29, 1.82) is 0 Å². The Morgan fingerprint density at radius 2 is 2.11 bits per heavy atom. The average Bonchev–Trinajstić information content (AvgIpc) is 2.65. The lowest BCUT2D eigenvalue weighted by Crippen LogP contribution is -2.39. The molecule has 2 unspecified atom stereocenters. The molecule has 0 bridgehead atoms. The average molecular weight is 353 g/mol. The highest BCUT2D eigenvalue weighted by atomic mass is 79.9. The Kier molecular flexibility index (Phi) is 4.80. The van der Waals surface area contributed by atoms with Crippen LogP contribution >= 0.6 is 27.3 Å². The van der Waals surface area contributed by atoms with Gasteiger partial charge in [0.15, 0.2) is 4.21 Å². The van der Waals surface area contributed by atoms with Gasteiger partial charge in [0.05, 0.1) is 11.2 Å². The van der Waals surface area contributed by atoms with Crippen molar-refractivity contribution in [3.8, 4) is 0 Å². The summed E-state index contributed by atoms with van der Waals surface area (Å²) in [4.78, 5) is 4.23. The van der Waals surface area contributed by atoms with Gasteiger partial charge in [0.25, 0.3) is 10.0 Å². The Labute approximate surface area is 120 Å². The van der Waals surface area contributed by atoms with E-state index in [-0.39, 0.29) is 10.9 Å². The standard InChI is InChI=1S/C11H17BrN2O2S2/c1-8-13-7-11(17-8)18(15,16)14-10-6-4-2-3-5-9(10)12/h7,9-10,14H,2-6H2,1H3. The molecule has 18 heavy (non-hydrogen) atoms. The van der Waals surface area contributed by atoms with E-state index in [4.69, 9.17) is 0 Å². The van der Waals surface area contributed by atoms with E-state index in [1.165, 1.54) is 24.0 Å². The van der Waals surface area contributed by atoms with Gasteiger partial charge in [0.1, 0.15) is 0 Å². The molecule has 1 aliphatic carbocycles. The predicted molar refractivity (Wildman–Crippen MR) is 76.8 cm³/mol. The number of hydrogen-bond donors (Lipinski definition) is 1. The predicted octanol–water partition coefficient (Wildman–Crippen LogP) is 2.83. The highest BCUT2D eigenvalue weighted by Crippen LogP contribution is 2.26. The van der Waals surface area contributed by atoms with Crippen LogP contribution in [0, 0.1) is 6.92 Å². The first kappa shape index (κ1) is 14.4. The summed E-state index contributed by atoms with van der Waals surface area (Å²) in [5.74, 6) is 0. The smallest absolute Gasteiger partial charge is 0.249 e. The minimum absolute atomic E-state index is 0.0140. The number of sulfonamides is 1. The van der Waals surface area contributed by atoms with Gasteiger partial charge in [-0.3, -0.25) is 0 Å². The summed E-state index contributed by atoms with van der Waals surface area (Å²) in [5.41, 5.74) is 0. The molecule has 1 N–H and O–H groups in total. The van der Waals surface area contributed by atoms with Gasteiger partial charge < -0.3 is 0 Å². The van der Waals surface area contributed by atoms with Gasteiger partial charge in [0.2, 0.25) is 0 Å². The Hall–Kier alpha value is 0.0200. The van der Waals surface area contributed by atoms with Crippen LogP contribution in [0.15, 0.2) is 10.4 Å². The first-order valence-corrected chi connectivity index (χ1v) is 9.29. The zero-order valence-electron chi connectivity index (χ0n) is 10.2. The summed E-state index contributed by atoms with van der Waals surface area (Å²) in [6.45, 7) is 1.81. The molecular weight excluding hydrogens is 336 g/mol. The molecule has 1 fully saturated rings. The molecule has 1 aromatic heterocycles. The van der Waals surface area contributed by atoms with Crippen molar-refractivity contribution in [1.82, 2.24) is 9.71 Å². The van der Waals surface area contributed by atoms with Crippen molar-refractivity contribution in [2.24, 2.45) is 0 Å². The van der Waals surface area contributed by atoms with Crippen LogP contribution in [0.4, 0.5) is 0 Å². The van der Waals surface area contributed by atoms with Crippen LogP contribution in [0.2, 0.25) is 0 Å². The number of hydrogen-bond acceptors (Lipinski definition) is 4. The second kappa shape index (κ2) is 5.98. The Morgan fingerprint density at radius 3 is 2.78 bits per heavy atom. The third-order valence-corrected chi connectivity index (χ3v) is 7.06. The van der Waals surface area contributed by atoms with E-state index in [0.717, 1.165) is 30.7 Å². The molecule has 1 aliphatic rings. The van der Waals surface area contributed by atoms with Gasteiger partial charge in [-0.05, 0) is 19.8 Å². The first-order chi connectivity index (χ1) is 8.49.